The van der Waals surface area contributed by atoms with Crippen molar-refractivity contribution < 1.29 is 14.5 Å². The van der Waals surface area contributed by atoms with E-state index in [1.807, 2.05) is 53.6 Å². The molecule has 2 aliphatic heterocycles. The van der Waals surface area contributed by atoms with Gasteiger partial charge in [-0.1, -0.05) is 84.4 Å². The molecular weight excluding hydrogens is 400 g/mol. The Morgan fingerprint density at radius 2 is 1.62 bits per heavy atom. The lowest BCUT2D eigenvalue weighted by molar-refractivity contribution is -0.337. The summed E-state index contributed by atoms with van der Waals surface area (Å²) in [4.78, 5) is 26.0. The van der Waals surface area contributed by atoms with Crippen LogP contribution in [0.2, 0.25) is 0 Å². The molecule has 1 saturated heterocycles. The first-order valence-corrected chi connectivity index (χ1v) is 10.8. The molecule has 32 heavy (non-hydrogen) atoms. The molecule has 1 fully saturated rings. The number of nitrogens with zero attached hydrogens (tertiary/aromatic N) is 2. The lowest BCUT2D eigenvalue weighted by atomic mass is 9.94. The number of hydrogen-bond acceptors (Lipinski definition) is 4. The Hall–Kier alpha value is -3.41. The van der Waals surface area contributed by atoms with Crippen molar-refractivity contribution >= 4 is 17.7 Å². The molecule has 2 aliphatic rings. The van der Waals surface area contributed by atoms with E-state index in [4.69, 9.17) is 9.68 Å². The maximum absolute atomic E-state index is 13.5. The molecule has 0 bridgehead atoms. The summed E-state index contributed by atoms with van der Waals surface area (Å²) >= 11 is 0. The third-order valence-electron chi connectivity index (χ3n) is 5.85. The normalized spacial score (nSPS) is 19.3. The molecule has 3 aromatic rings. The lowest BCUT2D eigenvalue weighted by Gasteiger charge is -2.50. The van der Waals surface area contributed by atoms with Crippen molar-refractivity contribution in [2.45, 2.75) is 39.1 Å². The second-order valence-corrected chi connectivity index (χ2v) is 8.72. The van der Waals surface area contributed by atoms with Gasteiger partial charge in [-0.25, -0.2) is 5.06 Å². The Kier molecular flexibility index (Phi) is 5.08. The number of carbonyl (C=O) groups is 1. The van der Waals surface area contributed by atoms with E-state index in [-0.39, 0.29) is 5.91 Å². The van der Waals surface area contributed by atoms with E-state index < -0.39 is 11.8 Å². The highest BCUT2D eigenvalue weighted by atomic mass is 16.8. The molecule has 0 N–H and O–H groups in total. The van der Waals surface area contributed by atoms with E-state index in [0.717, 1.165) is 28.0 Å². The minimum Gasteiger partial charge on any atom is -0.269 e. The Balaban J connectivity index is 1.59. The van der Waals surface area contributed by atoms with Gasteiger partial charge >= 0.3 is 0 Å². The molecule has 0 aromatic heterocycles. The maximum atomic E-state index is 13.5. The fraction of sp³-hybridized carbons (Fsp3) is 0.222. The average molecular weight is 427 g/mol. The smallest absolute Gasteiger partial charge is 0.269 e. The van der Waals surface area contributed by atoms with Gasteiger partial charge in [-0.3, -0.25) is 14.5 Å². The summed E-state index contributed by atoms with van der Waals surface area (Å²) in [5, 5.41) is 3.30. The minimum absolute atomic E-state index is 0.213. The van der Waals surface area contributed by atoms with Crippen molar-refractivity contribution in [2.24, 2.45) is 0 Å². The zero-order valence-electron chi connectivity index (χ0n) is 18.5. The van der Waals surface area contributed by atoms with Gasteiger partial charge in [-0.15, -0.1) is 0 Å². The van der Waals surface area contributed by atoms with E-state index in [0.29, 0.717) is 6.61 Å². The highest BCUT2D eigenvalue weighted by Gasteiger charge is 2.51. The maximum Gasteiger partial charge on any atom is 0.282 e. The Morgan fingerprint density at radius 1 is 0.938 bits per heavy atom. The van der Waals surface area contributed by atoms with Gasteiger partial charge in [-0.2, -0.15) is 5.06 Å². The SMILES string of the molecule is Cc1ccc(C2=Cc3ccccc3C3N(OCc4ccccc4)C(=O)C(C)(C)ON23)cc1. The zero-order chi connectivity index (χ0) is 22.3. The molecule has 1 unspecified atom stereocenters. The molecule has 0 saturated carbocycles. The van der Waals surface area contributed by atoms with Crippen molar-refractivity contribution in [1.82, 2.24) is 10.1 Å². The molecule has 0 aliphatic carbocycles. The van der Waals surface area contributed by atoms with Crippen molar-refractivity contribution in [3.63, 3.8) is 0 Å². The van der Waals surface area contributed by atoms with Gasteiger partial charge < -0.3 is 0 Å². The lowest BCUT2D eigenvalue weighted by Crippen LogP contribution is -2.60. The van der Waals surface area contributed by atoms with Crippen LogP contribution in [-0.4, -0.2) is 21.6 Å². The summed E-state index contributed by atoms with van der Waals surface area (Å²) in [6, 6.07) is 26.2. The molecule has 1 atom stereocenters. The van der Waals surface area contributed by atoms with Crippen LogP contribution in [0.15, 0.2) is 78.9 Å². The summed E-state index contributed by atoms with van der Waals surface area (Å²) < 4.78 is 0. The quantitative estimate of drug-likeness (QED) is 0.553. The van der Waals surface area contributed by atoms with E-state index in [1.165, 1.54) is 10.6 Å². The van der Waals surface area contributed by atoms with Gasteiger partial charge in [-0.05, 0) is 38.0 Å². The summed E-state index contributed by atoms with van der Waals surface area (Å²) in [5.41, 5.74) is 5.00. The molecule has 0 radical (unpaired) electrons. The third kappa shape index (κ3) is 3.60. The predicted molar refractivity (Wildman–Crippen MR) is 123 cm³/mol. The van der Waals surface area contributed by atoms with Crippen molar-refractivity contribution in [2.75, 3.05) is 0 Å². The van der Waals surface area contributed by atoms with Crippen molar-refractivity contribution in [3.05, 3.63) is 107 Å². The Morgan fingerprint density at radius 3 is 2.38 bits per heavy atom. The van der Waals surface area contributed by atoms with Gasteiger partial charge in [0.05, 0.1) is 5.70 Å². The number of aryl methyl sites for hydroxylation is 1. The van der Waals surface area contributed by atoms with Crippen molar-refractivity contribution in [3.8, 4) is 0 Å². The number of hydrogen-bond donors (Lipinski definition) is 0. The van der Waals surface area contributed by atoms with Crippen LogP contribution in [-0.2, 0) is 21.1 Å². The molecule has 5 heteroatoms. The van der Waals surface area contributed by atoms with Crippen LogP contribution < -0.4 is 0 Å². The average Bonchev–Trinajstić information content (AvgIpc) is 2.80. The highest BCUT2D eigenvalue weighted by Crippen LogP contribution is 2.46. The number of benzene rings is 3. The van der Waals surface area contributed by atoms with E-state index in [1.54, 1.807) is 13.8 Å². The molecule has 0 spiro atoms. The van der Waals surface area contributed by atoms with E-state index >= 15 is 0 Å². The van der Waals surface area contributed by atoms with Gasteiger partial charge in [0.25, 0.3) is 5.91 Å². The largest absolute Gasteiger partial charge is 0.282 e. The van der Waals surface area contributed by atoms with Crippen LogP contribution in [0, 0.1) is 6.92 Å². The molecule has 2 heterocycles. The van der Waals surface area contributed by atoms with Gasteiger partial charge in [0.15, 0.2) is 11.8 Å². The molecule has 5 rings (SSSR count). The standard InChI is InChI=1S/C27H26N2O3/c1-19-13-15-21(16-14-19)24-17-22-11-7-8-12-23(22)25-28(24)32-27(2,3)26(30)29(25)31-18-20-9-5-4-6-10-20/h4-17,25H,18H2,1-3H3. The number of amides is 1. The summed E-state index contributed by atoms with van der Waals surface area (Å²) in [6.07, 6.45) is 1.58. The minimum atomic E-state index is -1.08. The van der Waals surface area contributed by atoms with Crippen LogP contribution in [0.3, 0.4) is 0 Å². The summed E-state index contributed by atoms with van der Waals surface area (Å²) in [6.45, 7) is 5.91. The van der Waals surface area contributed by atoms with Gasteiger partial charge in [0, 0.05) is 11.1 Å². The second-order valence-electron chi connectivity index (χ2n) is 8.72. The number of rotatable bonds is 4. The Labute approximate surface area is 188 Å². The summed E-state index contributed by atoms with van der Waals surface area (Å²) in [7, 11) is 0. The monoisotopic (exact) mass is 426 g/mol. The number of fused-ring (bicyclic) bond motifs is 3. The second kappa shape index (κ2) is 7.93. The van der Waals surface area contributed by atoms with E-state index in [2.05, 4.69) is 43.3 Å². The molecule has 1 amide bonds. The predicted octanol–water partition coefficient (Wildman–Crippen LogP) is 5.49. The Bertz CT molecular complexity index is 1170. The number of hydroxylamine groups is 4. The van der Waals surface area contributed by atoms with Crippen molar-refractivity contribution in [1.29, 1.82) is 0 Å². The summed E-state index contributed by atoms with van der Waals surface area (Å²) in [5.74, 6) is -0.213. The first-order chi connectivity index (χ1) is 15.4. The van der Waals surface area contributed by atoms with Crippen LogP contribution in [0.25, 0.3) is 11.8 Å². The molecule has 3 aromatic carbocycles. The first-order valence-electron chi connectivity index (χ1n) is 10.8. The zero-order valence-corrected chi connectivity index (χ0v) is 18.5. The molecule has 5 nitrogen and oxygen atoms in total. The number of carbonyl (C=O) groups excluding carboxylic acids is 1. The van der Waals surface area contributed by atoms with Crippen LogP contribution >= 0.6 is 0 Å². The highest BCUT2D eigenvalue weighted by molar-refractivity contribution is 5.88. The fourth-order valence-electron chi connectivity index (χ4n) is 4.11. The third-order valence-corrected chi connectivity index (χ3v) is 5.85. The first kappa shape index (κ1) is 20.5. The van der Waals surface area contributed by atoms with Crippen LogP contribution in [0.5, 0.6) is 0 Å². The van der Waals surface area contributed by atoms with E-state index in [9.17, 15) is 4.79 Å². The van der Waals surface area contributed by atoms with Crippen LogP contribution in [0.1, 0.15) is 47.8 Å². The van der Waals surface area contributed by atoms with Gasteiger partial charge in [0.1, 0.15) is 6.61 Å². The molecular formula is C27H26N2O3. The fourth-order valence-corrected chi connectivity index (χ4v) is 4.11. The topological polar surface area (TPSA) is 42.0 Å². The van der Waals surface area contributed by atoms with Crippen LogP contribution in [0.4, 0.5) is 0 Å². The van der Waals surface area contributed by atoms with Gasteiger partial charge in [0.2, 0.25) is 0 Å². The molecule has 162 valence electrons.